The summed E-state index contributed by atoms with van der Waals surface area (Å²) < 4.78 is 33.0. The third-order valence-electron chi connectivity index (χ3n) is 6.09. The van der Waals surface area contributed by atoms with Crippen molar-refractivity contribution in [2.45, 2.75) is 43.7 Å². The number of benzene rings is 1. The molecule has 0 bridgehead atoms. The minimum absolute atomic E-state index is 0.123. The number of anilines is 1. The molecule has 1 N–H and O–H groups in total. The first kappa shape index (κ1) is 22.4. The van der Waals surface area contributed by atoms with E-state index in [2.05, 4.69) is 21.7 Å². The molecule has 1 amide bonds. The molecule has 0 unspecified atom stereocenters. The van der Waals surface area contributed by atoms with Gasteiger partial charge in [-0.05, 0) is 62.4 Å². The lowest BCUT2D eigenvalue weighted by Crippen LogP contribution is -2.41. The molecule has 7 nitrogen and oxygen atoms in total. The molecule has 2 atom stereocenters. The molecule has 4 rings (SSSR count). The molecule has 9 heteroatoms. The molecule has 2 aliphatic rings. The van der Waals surface area contributed by atoms with Crippen LogP contribution in [0.15, 0.2) is 40.6 Å². The number of nitrogens with one attached hydrogen (secondary N) is 1. The molecule has 168 valence electrons. The van der Waals surface area contributed by atoms with Gasteiger partial charge in [0.2, 0.25) is 15.9 Å². The lowest BCUT2D eigenvalue weighted by Gasteiger charge is -2.29. The van der Waals surface area contributed by atoms with Crippen molar-refractivity contribution in [2.24, 2.45) is 0 Å². The molecular weight excluding hydrogens is 434 g/mol. The Morgan fingerprint density at radius 3 is 2.71 bits per heavy atom. The fraction of sp³-hybridized carbons (Fsp3) is 0.500. The number of thiophene rings is 1. The number of nitrogens with zero attached hydrogens (tertiary/aromatic N) is 2. The van der Waals surface area contributed by atoms with Crippen LogP contribution >= 0.6 is 11.3 Å². The number of hydrogen-bond donors (Lipinski definition) is 1. The Hall–Kier alpha value is -1.78. The first-order valence-corrected chi connectivity index (χ1v) is 13.0. The van der Waals surface area contributed by atoms with Gasteiger partial charge in [-0.15, -0.1) is 11.3 Å². The fourth-order valence-electron chi connectivity index (χ4n) is 4.32. The summed E-state index contributed by atoms with van der Waals surface area (Å²) in [4.78, 5) is 16.8. The second kappa shape index (κ2) is 9.38. The maximum absolute atomic E-state index is 13.1. The second-order valence-corrected chi connectivity index (χ2v) is 11.0. The highest BCUT2D eigenvalue weighted by atomic mass is 32.2. The Kier molecular flexibility index (Phi) is 6.78. The Morgan fingerprint density at radius 1 is 1.23 bits per heavy atom. The van der Waals surface area contributed by atoms with Crippen LogP contribution in [0.3, 0.4) is 0 Å². The molecular formula is C22H29N3O4S2. The van der Waals surface area contributed by atoms with Crippen molar-refractivity contribution in [2.75, 3.05) is 38.2 Å². The Labute approximate surface area is 188 Å². The summed E-state index contributed by atoms with van der Waals surface area (Å²) in [6, 6.07) is 9.21. The van der Waals surface area contributed by atoms with Crippen LogP contribution in [0, 0.1) is 6.92 Å². The topological polar surface area (TPSA) is 79.0 Å². The number of rotatable bonds is 6. The molecule has 0 aliphatic carbocycles. The summed E-state index contributed by atoms with van der Waals surface area (Å²) >= 11 is 1.72. The number of carbonyl (C=O) groups excluding carboxylic acids is 1. The van der Waals surface area contributed by atoms with E-state index >= 15 is 0 Å². The predicted octanol–water partition coefficient (Wildman–Crippen LogP) is 3.24. The number of amides is 1. The van der Waals surface area contributed by atoms with E-state index in [0.29, 0.717) is 37.6 Å². The standard InChI is InChI=1S/C22H29N3O4S2/c1-16-7-8-18(15-21(16)31(27,28)24-10-12-29-13-11-24)23-22(26)17(2)25-9-3-5-19(25)20-6-4-14-30-20/h4,6-8,14-15,17,19H,3,5,9-13H2,1-2H3,(H,23,26)/t17-,19-/m0/s1. The van der Waals surface area contributed by atoms with Gasteiger partial charge in [-0.1, -0.05) is 12.1 Å². The highest BCUT2D eigenvalue weighted by Gasteiger charge is 2.34. The van der Waals surface area contributed by atoms with E-state index < -0.39 is 10.0 Å². The van der Waals surface area contributed by atoms with E-state index in [1.807, 2.05) is 13.0 Å². The molecule has 2 fully saturated rings. The zero-order valence-electron chi connectivity index (χ0n) is 17.9. The zero-order chi connectivity index (χ0) is 22.0. The van der Waals surface area contributed by atoms with Crippen molar-refractivity contribution in [3.63, 3.8) is 0 Å². The van der Waals surface area contributed by atoms with E-state index in [9.17, 15) is 13.2 Å². The van der Waals surface area contributed by atoms with Gasteiger partial charge in [0, 0.05) is 29.7 Å². The molecule has 1 aromatic heterocycles. The van der Waals surface area contributed by atoms with Crippen LogP contribution in [0.25, 0.3) is 0 Å². The number of carbonyl (C=O) groups is 1. The average Bonchev–Trinajstić information content (AvgIpc) is 3.46. The normalized spacial score (nSPS) is 21.8. The number of aryl methyl sites for hydroxylation is 1. The number of hydrogen-bond acceptors (Lipinski definition) is 6. The van der Waals surface area contributed by atoms with Gasteiger partial charge in [0.05, 0.1) is 24.2 Å². The number of morpholine rings is 1. The fourth-order valence-corrected chi connectivity index (χ4v) is 6.86. The summed E-state index contributed by atoms with van der Waals surface area (Å²) in [5, 5.41) is 5.01. The van der Waals surface area contributed by atoms with Gasteiger partial charge in [0.1, 0.15) is 0 Å². The minimum Gasteiger partial charge on any atom is -0.379 e. The van der Waals surface area contributed by atoms with Gasteiger partial charge in [-0.2, -0.15) is 4.31 Å². The van der Waals surface area contributed by atoms with Crippen LogP contribution in [0.5, 0.6) is 0 Å². The Morgan fingerprint density at radius 2 is 2.00 bits per heavy atom. The van der Waals surface area contributed by atoms with Crippen molar-refractivity contribution in [1.82, 2.24) is 9.21 Å². The summed E-state index contributed by atoms with van der Waals surface area (Å²) in [5.74, 6) is -0.123. The van der Waals surface area contributed by atoms with Gasteiger partial charge in [-0.3, -0.25) is 9.69 Å². The third-order valence-corrected chi connectivity index (χ3v) is 9.10. The summed E-state index contributed by atoms with van der Waals surface area (Å²) in [6.45, 7) is 6.05. The molecule has 3 heterocycles. The molecule has 0 spiro atoms. The van der Waals surface area contributed by atoms with E-state index in [1.165, 1.54) is 9.18 Å². The van der Waals surface area contributed by atoms with Crippen LogP contribution in [0.4, 0.5) is 5.69 Å². The molecule has 0 saturated carbocycles. The van der Waals surface area contributed by atoms with Gasteiger partial charge >= 0.3 is 0 Å². The zero-order valence-corrected chi connectivity index (χ0v) is 19.5. The molecule has 1 aromatic carbocycles. The van der Waals surface area contributed by atoms with Gasteiger partial charge in [0.15, 0.2) is 0 Å². The first-order chi connectivity index (χ1) is 14.9. The monoisotopic (exact) mass is 463 g/mol. The maximum atomic E-state index is 13.1. The third kappa shape index (κ3) is 4.70. The molecule has 0 radical (unpaired) electrons. The lowest BCUT2D eigenvalue weighted by molar-refractivity contribution is -0.121. The molecule has 2 saturated heterocycles. The highest BCUT2D eigenvalue weighted by Crippen LogP contribution is 2.36. The van der Waals surface area contributed by atoms with Crippen molar-refractivity contribution >= 4 is 33.0 Å². The van der Waals surface area contributed by atoms with Crippen LogP contribution < -0.4 is 5.32 Å². The average molecular weight is 464 g/mol. The van der Waals surface area contributed by atoms with Crippen molar-refractivity contribution in [1.29, 1.82) is 0 Å². The summed E-state index contributed by atoms with van der Waals surface area (Å²) in [5.41, 5.74) is 1.16. The van der Waals surface area contributed by atoms with Crippen molar-refractivity contribution in [3.05, 3.63) is 46.2 Å². The largest absolute Gasteiger partial charge is 0.379 e. The maximum Gasteiger partial charge on any atom is 0.243 e. The molecule has 2 aliphatic heterocycles. The predicted molar refractivity (Wildman–Crippen MR) is 122 cm³/mol. The Bertz CT molecular complexity index is 1020. The van der Waals surface area contributed by atoms with E-state index in [-0.39, 0.29) is 22.9 Å². The van der Waals surface area contributed by atoms with Crippen molar-refractivity contribution < 1.29 is 17.9 Å². The Balaban J connectivity index is 1.50. The first-order valence-electron chi connectivity index (χ1n) is 10.7. The lowest BCUT2D eigenvalue weighted by atomic mass is 10.1. The van der Waals surface area contributed by atoms with E-state index in [0.717, 1.165) is 19.4 Å². The van der Waals surface area contributed by atoms with Gasteiger partial charge < -0.3 is 10.1 Å². The van der Waals surface area contributed by atoms with Crippen LogP contribution in [-0.2, 0) is 19.6 Å². The second-order valence-electron chi connectivity index (χ2n) is 8.07. The molecule has 31 heavy (non-hydrogen) atoms. The SMILES string of the molecule is Cc1ccc(NC(=O)[C@H](C)N2CCC[C@H]2c2cccs2)cc1S(=O)(=O)N1CCOCC1. The smallest absolute Gasteiger partial charge is 0.243 e. The van der Waals surface area contributed by atoms with E-state index in [1.54, 1.807) is 36.5 Å². The number of ether oxygens (including phenoxy) is 1. The van der Waals surface area contributed by atoms with Crippen molar-refractivity contribution in [3.8, 4) is 0 Å². The van der Waals surface area contributed by atoms with Gasteiger partial charge in [0.25, 0.3) is 0 Å². The number of likely N-dealkylation sites (tertiary alicyclic amines) is 1. The molecule has 2 aromatic rings. The minimum atomic E-state index is -3.63. The van der Waals surface area contributed by atoms with Gasteiger partial charge in [-0.25, -0.2) is 8.42 Å². The van der Waals surface area contributed by atoms with Crippen LogP contribution in [0.1, 0.15) is 36.2 Å². The number of sulfonamides is 1. The summed E-state index contributed by atoms with van der Waals surface area (Å²) in [6.07, 6.45) is 2.11. The quantitative estimate of drug-likeness (QED) is 0.712. The van der Waals surface area contributed by atoms with E-state index in [4.69, 9.17) is 4.74 Å². The highest BCUT2D eigenvalue weighted by molar-refractivity contribution is 7.89. The van der Waals surface area contributed by atoms with Crippen LogP contribution in [-0.4, -0.2) is 62.4 Å². The summed E-state index contributed by atoms with van der Waals surface area (Å²) in [7, 11) is -3.63. The van der Waals surface area contributed by atoms with Crippen LogP contribution in [0.2, 0.25) is 0 Å².